The van der Waals surface area contributed by atoms with Crippen LogP contribution in [0.1, 0.15) is 26.7 Å². The van der Waals surface area contributed by atoms with Gasteiger partial charge in [-0.05, 0) is 42.7 Å². The smallest absolute Gasteiger partial charge is 0.250 e. The topological polar surface area (TPSA) is 20.3 Å². The van der Waals surface area contributed by atoms with E-state index in [1.54, 1.807) is 11.8 Å². The minimum absolute atomic E-state index is 0.280. The molecule has 2 aliphatic rings. The summed E-state index contributed by atoms with van der Waals surface area (Å²) in [5.74, 6) is 1.42. The summed E-state index contributed by atoms with van der Waals surface area (Å²) in [6.45, 7) is 6.13. The van der Waals surface area contributed by atoms with Crippen molar-refractivity contribution in [2.75, 3.05) is 13.1 Å². The molecule has 0 saturated carbocycles. The van der Waals surface area contributed by atoms with Crippen molar-refractivity contribution in [3.8, 4) is 0 Å². The van der Waals surface area contributed by atoms with Crippen molar-refractivity contribution in [3.05, 3.63) is 40.8 Å². The molecule has 20 heavy (non-hydrogen) atoms. The maximum absolute atomic E-state index is 12.5. The Morgan fingerprint density at radius 3 is 2.75 bits per heavy atom. The average molecular weight is 287 g/mol. The lowest BCUT2D eigenvalue weighted by Crippen LogP contribution is -2.24. The lowest BCUT2D eigenvalue weighted by atomic mass is 9.83. The number of benzene rings is 1. The Labute approximate surface area is 125 Å². The van der Waals surface area contributed by atoms with Crippen molar-refractivity contribution < 1.29 is 4.79 Å². The van der Waals surface area contributed by atoms with E-state index in [1.807, 2.05) is 11.0 Å². The lowest BCUT2D eigenvalue weighted by Gasteiger charge is -2.25. The maximum Gasteiger partial charge on any atom is 0.250 e. The molecule has 1 amide bonds. The van der Waals surface area contributed by atoms with Gasteiger partial charge in [-0.2, -0.15) is 0 Å². The van der Waals surface area contributed by atoms with Crippen LogP contribution in [0.25, 0.3) is 0 Å². The molecule has 3 heteroatoms. The standard InChI is InChI=1S/C17H21NOS/c1-3-18-11-13-9-12(2)10-15(16(13)17(18)19)20-14-7-5-4-6-8-14/h4-8,12-13H,3,9-11H2,1-2H3/t12-,13+/m1/s1. The van der Waals surface area contributed by atoms with Crippen LogP contribution in [0.2, 0.25) is 0 Å². The summed E-state index contributed by atoms with van der Waals surface area (Å²) < 4.78 is 0. The van der Waals surface area contributed by atoms with Gasteiger partial charge >= 0.3 is 0 Å². The number of nitrogens with zero attached hydrogens (tertiary/aromatic N) is 1. The minimum atomic E-state index is 0.280. The van der Waals surface area contributed by atoms with Gasteiger partial charge in [0.25, 0.3) is 5.91 Å². The molecule has 1 aromatic carbocycles. The van der Waals surface area contributed by atoms with Crippen molar-refractivity contribution in [2.45, 2.75) is 31.6 Å². The highest BCUT2D eigenvalue weighted by molar-refractivity contribution is 8.03. The van der Waals surface area contributed by atoms with Gasteiger partial charge in [-0.3, -0.25) is 4.79 Å². The number of fused-ring (bicyclic) bond motifs is 1. The Hall–Kier alpha value is -1.22. The van der Waals surface area contributed by atoms with E-state index in [0.717, 1.165) is 31.5 Å². The van der Waals surface area contributed by atoms with Crippen LogP contribution in [-0.2, 0) is 4.79 Å². The third-order valence-corrected chi connectivity index (χ3v) is 5.39. The van der Waals surface area contributed by atoms with Crippen LogP contribution in [0.4, 0.5) is 0 Å². The van der Waals surface area contributed by atoms with Gasteiger partial charge in [0.15, 0.2) is 0 Å². The maximum atomic E-state index is 12.5. The first kappa shape index (κ1) is 13.7. The second kappa shape index (κ2) is 5.65. The predicted octanol–water partition coefficient (Wildman–Crippen LogP) is 3.94. The number of amides is 1. The number of rotatable bonds is 3. The number of hydrogen-bond acceptors (Lipinski definition) is 2. The number of carbonyl (C=O) groups excluding carboxylic acids is 1. The third-order valence-electron chi connectivity index (χ3n) is 4.25. The van der Waals surface area contributed by atoms with Gasteiger partial charge in [0.05, 0.1) is 0 Å². The Kier molecular flexibility index (Phi) is 3.88. The average Bonchev–Trinajstić information content (AvgIpc) is 2.76. The fourth-order valence-corrected chi connectivity index (χ4v) is 4.63. The van der Waals surface area contributed by atoms with Crippen LogP contribution in [0, 0.1) is 11.8 Å². The van der Waals surface area contributed by atoms with Gasteiger partial charge in [0.2, 0.25) is 0 Å². The number of likely N-dealkylation sites (N-methyl/N-ethyl adjacent to an activating group) is 1. The number of thioether (sulfide) groups is 1. The highest BCUT2D eigenvalue weighted by Crippen LogP contribution is 2.45. The molecule has 0 aromatic heterocycles. The molecule has 0 bridgehead atoms. The quantitative estimate of drug-likeness (QED) is 0.839. The van der Waals surface area contributed by atoms with E-state index in [9.17, 15) is 4.79 Å². The molecule has 0 spiro atoms. The molecule has 0 unspecified atom stereocenters. The van der Waals surface area contributed by atoms with Crippen molar-refractivity contribution >= 4 is 17.7 Å². The van der Waals surface area contributed by atoms with Gasteiger partial charge in [-0.25, -0.2) is 0 Å². The van der Waals surface area contributed by atoms with Crippen LogP contribution in [0.15, 0.2) is 45.7 Å². The molecule has 1 saturated heterocycles. The normalized spacial score (nSPS) is 26.1. The summed E-state index contributed by atoms with van der Waals surface area (Å²) in [6.07, 6.45) is 2.21. The summed E-state index contributed by atoms with van der Waals surface area (Å²) in [5.41, 5.74) is 1.11. The predicted molar refractivity (Wildman–Crippen MR) is 83.5 cm³/mol. The van der Waals surface area contributed by atoms with E-state index in [1.165, 1.54) is 9.80 Å². The van der Waals surface area contributed by atoms with Crippen molar-refractivity contribution in [1.82, 2.24) is 4.90 Å². The zero-order valence-corrected chi connectivity index (χ0v) is 13.0. The molecular formula is C17H21NOS. The summed E-state index contributed by atoms with van der Waals surface area (Å²) >= 11 is 1.79. The Morgan fingerprint density at radius 2 is 2.05 bits per heavy atom. The zero-order chi connectivity index (χ0) is 14.1. The molecule has 1 aliphatic heterocycles. The minimum Gasteiger partial charge on any atom is -0.339 e. The first-order valence-corrected chi connectivity index (χ1v) is 8.26. The molecule has 0 radical (unpaired) electrons. The summed E-state index contributed by atoms with van der Waals surface area (Å²) in [7, 11) is 0. The second-order valence-corrected chi connectivity index (χ2v) is 7.01. The van der Waals surface area contributed by atoms with E-state index < -0.39 is 0 Å². The first-order chi connectivity index (χ1) is 9.69. The molecule has 2 atom stereocenters. The molecule has 1 fully saturated rings. The molecule has 1 heterocycles. The fraction of sp³-hybridized carbons (Fsp3) is 0.471. The number of allylic oxidation sites excluding steroid dienone is 1. The van der Waals surface area contributed by atoms with Crippen LogP contribution >= 0.6 is 11.8 Å². The molecule has 106 valence electrons. The van der Waals surface area contributed by atoms with Crippen molar-refractivity contribution in [3.63, 3.8) is 0 Å². The fourth-order valence-electron chi connectivity index (χ4n) is 3.32. The Balaban J connectivity index is 1.93. The van der Waals surface area contributed by atoms with Gasteiger partial charge in [-0.15, -0.1) is 0 Å². The van der Waals surface area contributed by atoms with E-state index in [-0.39, 0.29) is 5.91 Å². The largest absolute Gasteiger partial charge is 0.339 e. The van der Waals surface area contributed by atoms with Gasteiger partial charge in [-0.1, -0.05) is 36.9 Å². The van der Waals surface area contributed by atoms with E-state index in [2.05, 4.69) is 38.1 Å². The second-order valence-electron chi connectivity index (χ2n) is 5.84. The lowest BCUT2D eigenvalue weighted by molar-refractivity contribution is -0.124. The van der Waals surface area contributed by atoms with E-state index in [0.29, 0.717) is 11.8 Å². The molecule has 3 rings (SSSR count). The molecule has 1 aromatic rings. The van der Waals surface area contributed by atoms with Crippen LogP contribution in [0.3, 0.4) is 0 Å². The molecule has 2 nitrogen and oxygen atoms in total. The number of carbonyl (C=O) groups is 1. The van der Waals surface area contributed by atoms with Crippen LogP contribution in [-0.4, -0.2) is 23.9 Å². The first-order valence-electron chi connectivity index (χ1n) is 7.44. The third kappa shape index (κ3) is 2.51. The zero-order valence-electron chi connectivity index (χ0n) is 12.1. The summed E-state index contributed by atoms with van der Waals surface area (Å²) in [5, 5.41) is 0. The highest BCUT2D eigenvalue weighted by atomic mass is 32.2. The van der Waals surface area contributed by atoms with Gasteiger partial charge in [0.1, 0.15) is 0 Å². The molecule has 1 aliphatic carbocycles. The summed E-state index contributed by atoms with van der Waals surface area (Å²) in [4.78, 5) is 17.1. The highest BCUT2D eigenvalue weighted by Gasteiger charge is 2.40. The van der Waals surface area contributed by atoms with Crippen molar-refractivity contribution in [2.24, 2.45) is 11.8 Å². The summed E-state index contributed by atoms with van der Waals surface area (Å²) in [6, 6.07) is 10.4. The van der Waals surface area contributed by atoms with Gasteiger partial charge in [0, 0.05) is 29.5 Å². The Bertz CT molecular complexity index is 537. The number of hydrogen-bond donors (Lipinski definition) is 0. The van der Waals surface area contributed by atoms with Crippen LogP contribution < -0.4 is 0 Å². The van der Waals surface area contributed by atoms with Crippen molar-refractivity contribution in [1.29, 1.82) is 0 Å². The monoisotopic (exact) mass is 287 g/mol. The molecule has 0 N–H and O–H groups in total. The SMILES string of the molecule is CCN1C[C@@H]2C[C@@H](C)CC(Sc3ccccc3)=C2C1=O. The van der Waals surface area contributed by atoms with Crippen LogP contribution in [0.5, 0.6) is 0 Å². The van der Waals surface area contributed by atoms with E-state index >= 15 is 0 Å². The van der Waals surface area contributed by atoms with E-state index in [4.69, 9.17) is 0 Å². The number of likely N-dealkylation sites (tertiary alicyclic amines) is 1. The molecular weight excluding hydrogens is 266 g/mol. The van der Waals surface area contributed by atoms with Gasteiger partial charge < -0.3 is 4.90 Å². The Morgan fingerprint density at radius 1 is 1.30 bits per heavy atom.